The molecule has 0 bridgehead atoms. The van der Waals surface area contributed by atoms with E-state index in [1.807, 2.05) is 0 Å². The number of rotatable bonds is 1. The van der Waals surface area contributed by atoms with Crippen molar-refractivity contribution in [2.24, 2.45) is 0 Å². The highest BCUT2D eigenvalue weighted by molar-refractivity contribution is 9.09. The molecule has 2 aromatic rings. The minimum atomic E-state index is 0.427. The van der Waals surface area contributed by atoms with Gasteiger partial charge in [-0.2, -0.15) is 0 Å². The van der Waals surface area contributed by atoms with E-state index in [1.165, 1.54) is 33.4 Å². The van der Waals surface area contributed by atoms with Crippen molar-refractivity contribution in [3.05, 3.63) is 58.7 Å². The summed E-state index contributed by atoms with van der Waals surface area (Å²) < 4.78 is 0. The molecule has 0 fully saturated rings. The first-order valence-electron chi connectivity index (χ1n) is 6.03. The van der Waals surface area contributed by atoms with Gasteiger partial charge in [0.25, 0.3) is 0 Å². The molecule has 0 amide bonds. The number of fused-ring (bicyclic) bond motifs is 3. The van der Waals surface area contributed by atoms with Crippen molar-refractivity contribution in [2.45, 2.75) is 25.1 Å². The first-order valence-corrected chi connectivity index (χ1v) is 6.95. The van der Waals surface area contributed by atoms with E-state index in [0.29, 0.717) is 4.83 Å². The number of alkyl halides is 1. The van der Waals surface area contributed by atoms with Crippen LogP contribution in [0.4, 0.5) is 0 Å². The minimum Gasteiger partial charge on any atom is -0.0842 e. The number of benzene rings is 2. The molecule has 1 aliphatic rings. The molecule has 0 saturated heterocycles. The summed E-state index contributed by atoms with van der Waals surface area (Å²) in [6.45, 7) is 4.44. The predicted octanol–water partition coefficient (Wildman–Crippen LogP) is 5.02. The molecule has 3 rings (SSSR count). The van der Waals surface area contributed by atoms with Gasteiger partial charge in [-0.3, -0.25) is 0 Å². The van der Waals surface area contributed by atoms with Crippen molar-refractivity contribution in [1.82, 2.24) is 0 Å². The highest BCUT2D eigenvalue weighted by Gasteiger charge is 2.21. The van der Waals surface area contributed by atoms with E-state index in [2.05, 4.69) is 66.2 Å². The summed E-state index contributed by atoms with van der Waals surface area (Å²) >= 11 is 3.68. The first-order chi connectivity index (χ1) is 8.18. The molecule has 0 radical (unpaired) electrons. The van der Waals surface area contributed by atoms with Crippen molar-refractivity contribution >= 4 is 15.9 Å². The molecule has 0 aromatic heterocycles. The van der Waals surface area contributed by atoms with E-state index in [9.17, 15) is 0 Å². The summed E-state index contributed by atoms with van der Waals surface area (Å²) in [7, 11) is 0. The van der Waals surface area contributed by atoms with Crippen LogP contribution in [0, 0.1) is 6.92 Å². The maximum absolute atomic E-state index is 3.68. The molecular weight excluding hydrogens is 272 g/mol. The summed E-state index contributed by atoms with van der Waals surface area (Å²) in [4.78, 5) is 0.427. The van der Waals surface area contributed by atoms with Gasteiger partial charge in [-0.25, -0.2) is 0 Å². The standard InChI is InChI=1S/C16H15Br/c1-10-13(11(2)17)7-8-15-14-6-4-3-5-12(14)9-16(10)15/h3-8,11H,9H2,1-2H3. The second kappa shape index (κ2) is 3.99. The number of halogens is 1. The van der Waals surface area contributed by atoms with Crippen molar-refractivity contribution < 1.29 is 0 Å². The van der Waals surface area contributed by atoms with Gasteiger partial charge in [0.05, 0.1) is 0 Å². The maximum atomic E-state index is 3.68. The van der Waals surface area contributed by atoms with Crippen LogP contribution in [0.25, 0.3) is 11.1 Å². The molecule has 1 atom stereocenters. The van der Waals surface area contributed by atoms with Gasteiger partial charge < -0.3 is 0 Å². The molecule has 17 heavy (non-hydrogen) atoms. The Hall–Kier alpha value is -1.08. The Morgan fingerprint density at radius 1 is 1.06 bits per heavy atom. The molecule has 1 unspecified atom stereocenters. The number of hydrogen-bond acceptors (Lipinski definition) is 0. The molecule has 0 N–H and O–H groups in total. The Balaban J connectivity index is 2.22. The lowest BCUT2D eigenvalue weighted by atomic mass is 9.96. The molecular formula is C16H15Br. The zero-order valence-electron chi connectivity index (χ0n) is 10.1. The van der Waals surface area contributed by atoms with Crippen LogP contribution < -0.4 is 0 Å². The van der Waals surface area contributed by atoms with Crippen LogP contribution >= 0.6 is 15.9 Å². The van der Waals surface area contributed by atoms with Gasteiger partial charge in [0.1, 0.15) is 0 Å². The lowest BCUT2D eigenvalue weighted by molar-refractivity contribution is 1.07. The quantitative estimate of drug-likeness (QED) is 0.551. The lowest BCUT2D eigenvalue weighted by Crippen LogP contribution is -1.94. The van der Waals surface area contributed by atoms with Crippen LogP contribution in [-0.2, 0) is 6.42 Å². The molecule has 0 saturated carbocycles. The predicted molar refractivity (Wildman–Crippen MR) is 76.8 cm³/mol. The fraction of sp³-hybridized carbons (Fsp3) is 0.250. The van der Waals surface area contributed by atoms with E-state index in [-0.39, 0.29) is 0 Å². The average Bonchev–Trinajstić information content (AvgIpc) is 2.69. The summed E-state index contributed by atoms with van der Waals surface area (Å²) in [6, 6.07) is 13.3. The van der Waals surface area contributed by atoms with Gasteiger partial charge in [-0.05, 0) is 53.6 Å². The largest absolute Gasteiger partial charge is 0.0842 e. The molecule has 1 aliphatic carbocycles. The van der Waals surface area contributed by atoms with Gasteiger partial charge in [-0.15, -0.1) is 0 Å². The first kappa shape index (κ1) is 11.0. The molecule has 2 aromatic carbocycles. The van der Waals surface area contributed by atoms with Crippen LogP contribution in [0.15, 0.2) is 36.4 Å². The van der Waals surface area contributed by atoms with Crippen molar-refractivity contribution in [3.8, 4) is 11.1 Å². The normalized spacial score (nSPS) is 14.3. The van der Waals surface area contributed by atoms with Gasteiger partial charge in [0, 0.05) is 4.83 Å². The van der Waals surface area contributed by atoms with E-state index in [0.717, 1.165) is 6.42 Å². The second-order valence-electron chi connectivity index (χ2n) is 4.76. The number of hydrogen-bond donors (Lipinski definition) is 0. The SMILES string of the molecule is Cc1c(C(C)Br)ccc2c1Cc1ccccc1-2. The van der Waals surface area contributed by atoms with Crippen LogP contribution in [0.2, 0.25) is 0 Å². The van der Waals surface area contributed by atoms with E-state index >= 15 is 0 Å². The van der Waals surface area contributed by atoms with E-state index in [4.69, 9.17) is 0 Å². The second-order valence-corrected chi connectivity index (χ2v) is 6.13. The van der Waals surface area contributed by atoms with Crippen LogP contribution in [-0.4, -0.2) is 0 Å². The van der Waals surface area contributed by atoms with Crippen LogP contribution in [0.1, 0.15) is 34.0 Å². The zero-order valence-corrected chi connectivity index (χ0v) is 11.7. The van der Waals surface area contributed by atoms with Crippen molar-refractivity contribution in [3.63, 3.8) is 0 Å². The highest BCUT2D eigenvalue weighted by atomic mass is 79.9. The topological polar surface area (TPSA) is 0 Å². The van der Waals surface area contributed by atoms with E-state index in [1.54, 1.807) is 0 Å². The molecule has 1 heteroatoms. The molecule has 0 aliphatic heterocycles. The third-order valence-electron chi connectivity index (χ3n) is 3.74. The van der Waals surface area contributed by atoms with Gasteiger partial charge in [0.2, 0.25) is 0 Å². The summed E-state index contributed by atoms with van der Waals surface area (Å²) in [5.41, 5.74) is 8.67. The minimum absolute atomic E-state index is 0.427. The van der Waals surface area contributed by atoms with Crippen LogP contribution in [0.3, 0.4) is 0 Å². The molecule has 86 valence electrons. The molecule has 0 nitrogen and oxygen atoms in total. The van der Waals surface area contributed by atoms with Gasteiger partial charge >= 0.3 is 0 Å². The zero-order chi connectivity index (χ0) is 12.0. The average molecular weight is 287 g/mol. The molecule has 0 heterocycles. The summed E-state index contributed by atoms with van der Waals surface area (Å²) in [5, 5.41) is 0. The lowest BCUT2D eigenvalue weighted by Gasteiger charge is -2.12. The maximum Gasteiger partial charge on any atom is 0.0369 e. The van der Waals surface area contributed by atoms with Crippen molar-refractivity contribution in [2.75, 3.05) is 0 Å². The van der Waals surface area contributed by atoms with Crippen molar-refractivity contribution in [1.29, 1.82) is 0 Å². The summed E-state index contributed by atoms with van der Waals surface area (Å²) in [6.07, 6.45) is 1.09. The Morgan fingerprint density at radius 3 is 2.59 bits per heavy atom. The van der Waals surface area contributed by atoms with Gasteiger partial charge in [-0.1, -0.05) is 52.3 Å². The Labute approximate surface area is 111 Å². The van der Waals surface area contributed by atoms with Crippen LogP contribution in [0.5, 0.6) is 0 Å². The third-order valence-corrected chi connectivity index (χ3v) is 4.24. The fourth-order valence-electron chi connectivity index (χ4n) is 2.81. The van der Waals surface area contributed by atoms with E-state index < -0.39 is 0 Å². The monoisotopic (exact) mass is 286 g/mol. The Morgan fingerprint density at radius 2 is 1.82 bits per heavy atom. The fourth-order valence-corrected chi connectivity index (χ4v) is 3.31. The van der Waals surface area contributed by atoms with Gasteiger partial charge in [0.15, 0.2) is 0 Å². The summed E-state index contributed by atoms with van der Waals surface area (Å²) in [5.74, 6) is 0. The highest BCUT2D eigenvalue weighted by Crippen LogP contribution is 2.40. The Bertz CT molecular complexity index is 582. The third kappa shape index (κ3) is 1.64. The molecule has 0 spiro atoms. The smallest absolute Gasteiger partial charge is 0.0369 e. The Kier molecular flexibility index (Phi) is 2.59.